The number of carbonyl (C=O) groups is 3. The Labute approximate surface area is 177 Å². The van der Waals surface area contributed by atoms with Gasteiger partial charge in [0, 0.05) is 11.7 Å². The monoisotopic (exact) mass is 414 g/mol. The van der Waals surface area contributed by atoms with Gasteiger partial charge in [0.1, 0.15) is 23.6 Å². The topological polar surface area (TPSA) is 88.9 Å². The number of aryl methyl sites for hydroxylation is 3. The Balaban J connectivity index is 2.02. The van der Waals surface area contributed by atoms with E-state index in [1.54, 1.807) is 19.9 Å². The van der Waals surface area contributed by atoms with Gasteiger partial charge in [0.15, 0.2) is 6.61 Å². The number of amides is 2. The van der Waals surface area contributed by atoms with Crippen LogP contribution in [-0.4, -0.2) is 41.9 Å². The van der Waals surface area contributed by atoms with Crippen molar-refractivity contribution in [3.8, 4) is 0 Å². The van der Waals surface area contributed by atoms with Crippen LogP contribution in [0, 0.1) is 27.7 Å². The van der Waals surface area contributed by atoms with Gasteiger partial charge in [-0.25, -0.2) is 4.79 Å². The molecule has 0 unspecified atom stereocenters. The number of rotatable bonds is 8. The van der Waals surface area contributed by atoms with E-state index in [0.717, 1.165) is 11.1 Å². The largest absolute Gasteiger partial charge is 0.466 e. The fourth-order valence-corrected chi connectivity index (χ4v) is 3.06. The summed E-state index contributed by atoms with van der Waals surface area (Å²) in [7, 11) is 0. The van der Waals surface area contributed by atoms with Gasteiger partial charge in [0.2, 0.25) is 5.91 Å². The molecule has 1 atom stereocenters. The fraction of sp³-hybridized carbons (Fsp3) is 0.435. The van der Waals surface area contributed by atoms with Gasteiger partial charge in [-0.05, 0) is 64.3 Å². The number of anilines is 1. The maximum atomic E-state index is 12.7. The predicted molar refractivity (Wildman–Crippen MR) is 114 cm³/mol. The molecule has 0 aliphatic carbocycles. The Bertz CT molecular complexity index is 932. The molecule has 0 spiro atoms. The minimum Gasteiger partial charge on any atom is -0.466 e. The molecule has 0 saturated heterocycles. The lowest BCUT2D eigenvalue weighted by Gasteiger charge is -2.28. The normalized spacial score (nSPS) is 11.7. The summed E-state index contributed by atoms with van der Waals surface area (Å²) in [5, 5.41) is 2.86. The van der Waals surface area contributed by atoms with Crippen molar-refractivity contribution < 1.29 is 23.5 Å². The van der Waals surface area contributed by atoms with Gasteiger partial charge in [-0.15, -0.1) is 0 Å². The number of furan rings is 1. The van der Waals surface area contributed by atoms with Crippen molar-refractivity contribution in [2.24, 2.45) is 0 Å². The molecule has 0 radical (unpaired) electrons. The molecule has 7 nitrogen and oxygen atoms in total. The summed E-state index contributed by atoms with van der Waals surface area (Å²) in [6, 6.07) is 7.06. The first-order valence-corrected chi connectivity index (χ1v) is 10.0. The summed E-state index contributed by atoms with van der Waals surface area (Å²) >= 11 is 0. The van der Waals surface area contributed by atoms with Gasteiger partial charge in [-0.1, -0.05) is 19.1 Å². The van der Waals surface area contributed by atoms with Crippen molar-refractivity contribution in [1.82, 2.24) is 4.90 Å². The lowest BCUT2D eigenvalue weighted by atomic mass is 10.1. The molecule has 0 saturated carbocycles. The zero-order valence-electron chi connectivity index (χ0n) is 18.5. The number of carbonyl (C=O) groups excluding carboxylic acids is 3. The number of hydrogen-bond donors (Lipinski definition) is 1. The van der Waals surface area contributed by atoms with Crippen LogP contribution in [0.1, 0.15) is 53.3 Å². The number of ether oxygens (including phenoxy) is 1. The average molecular weight is 415 g/mol. The molecule has 1 N–H and O–H groups in total. The van der Waals surface area contributed by atoms with Gasteiger partial charge in [0.25, 0.3) is 5.91 Å². The maximum Gasteiger partial charge on any atom is 0.342 e. The minimum atomic E-state index is -0.623. The molecule has 0 bridgehead atoms. The molecule has 7 heteroatoms. The highest BCUT2D eigenvalue weighted by atomic mass is 16.5. The molecule has 0 aliphatic rings. The maximum absolute atomic E-state index is 12.7. The summed E-state index contributed by atoms with van der Waals surface area (Å²) in [6.45, 7) is 10.5. The van der Waals surface area contributed by atoms with Crippen LogP contribution in [0.2, 0.25) is 0 Å². The molecule has 1 aromatic carbocycles. The second-order valence-electron chi connectivity index (χ2n) is 7.48. The van der Waals surface area contributed by atoms with Crippen molar-refractivity contribution in [3.63, 3.8) is 0 Å². The lowest BCUT2D eigenvalue weighted by molar-refractivity contribution is -0.139. The molecule has 2 rings (SSSR count). The van der Waals surface area contributed by atoms with Gasteiger partial charge >= 0.3 is 5.97 Å². The van der Waals surface area contributed by atoms with Crippen LogP contribution in [-0.2, 0) is 14.3 Å². The highest BCUT2D eigenvalue weighted by molar-refractivity contribution is 5.96. The van der Waals surface area contributed by atoms with E-state index in [9.17, 15) is 14.4 Å². The molecule has 162 valence electrons. The van der Waals surface area contributed by atoms with Crippen LogP contribution in [0.15, 0.2) is 28.7 Å². The number of nitrogens with zero attached hydrogens (tertiary/aromatic N) is 1. The Morgan fingerprint density at radius 2 is 1.87 bits per heavy atom. The molecule has 1 aromatic heterocycles. The first-order valence-electron chi connectivity index (χ1n) is 10.0. The molecule has 0 aliphatic heterocycles. The van der Waals surface area contributed by atoms with Crippen molar-refractivity contribution >= 4 is 23.5 Å². The number of esters is 1. The van der Waals surface area contributed by atoms with E-state index in [0.29, 0.717) is 29.2 Å². The van der Waals surface area contributed by atoms with Gasteiger partial charge in [-0.2, -0.15) is 0 Å². The number of hydrogen-bond acceptors (Lipinski definition) is 5. The Hall–Kier alpha value is -3.09. The first kappa shape index (κ1) is 23.2. The van der Waals surface area contributed by atoms with Crippen molar-refractivity contribution in [2.45, 2.75) is 54.0 Å². The van der Waals surface area contributed by atoms with E-state index >= 15 is 0 Å². The third-order valence-corrected chi connectivity index (χ3v) is 5.22. The van der Waals surface area contributed by atoms with Crippen LogP contribution in [0.3, 0.4) is 0 Å². The fourth-order valence-electron chi connectivity index (χ4n) is 3.06. The zero-order chi connectivity index (χ0) is 22.4. The SMILES string of the molecule is CC[C@@H](C)N(CC(=O)Nc1cccc(C)c1C)C(=O)COC(=O)c1cc(C)oc1C. The summed E-state index contributed by atoms with van der Waals surface area (Å²) in [5.41, 5.74) is 3.06. The smallest absolute Gasteiger partial charge is 0.342 e. The van der Waals surface area contributed by atoms with Crippen LogP contribution >= 0.6 is 0 Å². The quantitative estimate of drug-likeness (QED) is 0.661. The third kappa shape index (κ3) is 5.72. The van der Waals surface area contributed by atoms with Gasteiger partial charge < -0.3 is 19.4 Å². The number of nitrogens with one attached hydrogen (secondary N) is 1. The Kier molecular flexibility index (Phi) is 7.80. The highest BCUT2D eigenvalue weighted by Gasteiger charge is 2.24. The molecule has 30 heavy (non-hydrogen) atoms. The Morgan fingerprint density at radius 3 is 2.47 bits per heavy atom. The van der Waals surface area contributed by atoms with E-state index in [1.807, 2.05) is 45.9 Å². The van der Waals surface area contributed by atoms with Gasteiger partial charge in [-0.3, -0.25) is 9.59 Å². The van der Waals surface area contributed by atoms with E-state index in [1.165, 1.54) is 4.90 Å². The van der Waals surface area contributed by atoms with E-state index in [-0.39, 0.29) is 18.5 Å². The summed E-state index contributed by atoms with van der Waals surface area (Å²) in [4.78, 5) is 39.0. The molecular weight excluding hydrogens is 384 g/mol. The molecule has 2 amide bonds. The van der Waals surface area contributed by atoms with Crippen LogP contribution in [0.25, 0.3) is 0 Å². The molecule has 0 fully saturated rings. The molecule has 2 aromatic rings. The summed E-state index contributed by atoms with van der Waals surface area (Å²) < 4.78 is 10.5. The zero-order valence-corrected chi connectivity index (χ0v) is 18.5. The van der Waals surface area contributed by atoms with Gasteiger partial charge in [0.05, 0.1) is 0 Å². The predicted octanol–water partition coefficient (Wildman–Crippen LogP) is 3.94. The average Bonchev–Trinajstić information content (AvgIpc) is 3.05. The van der Waals surface area contributed by atoms with E-state index < -0.39 is 18.5 Å². The second-order valence-corrected chi connectivity index (χ2v) is 7.48. The molecule has 1 heterocycles. The summed E-state index contributed by atoms with van der Waals surface area (Å²) in [5.74, 6) is -0.315. The second kappa shape index (κ2) is 10.1. The first-order chi connectivity index (χ1) is 14.1. The third-order valence-electron chi connectivity index (χ3n) is 5.22. The highest BCUT2D eigenvalue weighted by Crippen LogP contribution is 2.18. The molecular formula is C23H30N2O5. The summed E-state index contributed by atoms with van der Waals surface area (Å²) in [6.07, 6.45) is 0.663. The van der Waals surface area contributed by atoms with Crippen molar-refractivity contribution in [2.75, 3.05) is 18.5 Å². The van der Waals surface area contributed by atoms with E-state index in [2.05, 4.69) is 5.32 Å². The van der Waals surface area contributed by atoms with Crippen LogP contribution in [0.5, 0.6) is 0 Å². The standard InChI is InChI=1S/C23H30N2O5/c1-7-15(3)25(12-21(26)24-20-10-8-9-14(2)17(20)5)22(27)13-29-23(28)19-11-16(4)30-18(19)6/h8-11,15H,7,12-13H2,1-6H3,(H,24,26)/t15-/m1/s1. The van der Waals surface area contributed by atoms with Crippen LogP contribution < -0.4 is 5.32 Å². The minimum absolute atomic E-state index is 0.122. The lowest BCUT2D eigenvalue weighted by Crippen LogP contribution is -2.45. The van der Waals surface area contributed by atoms with E-state index in [4.69, 9.17) is 9.15 Å². The van der Waals surface area contributed by atoms with Crippen molar-refractivity contribution in [1.29, 1.82) is 0 Å². The Morgan fingerprint density at radius 1 is 1.17 bits per heavy atom. The number of benzene rings is 1. The van der Waals surface area contributed by atoms with Crippen LogP contribution in [0.4, 0.5) is 5.69 Å². The van der Waals surface area contributed by atoms with Crippen molar-refractivity contribution in [3.05, 3.63) is 52.5 Å².